The first-order valence-electron chi connectivity index (χ1n) is 5.55. The summed E-state index contributed by atoms with van der Waals surface area (Å²) in [6.45, 7) is 0.621. The zero-order valence-electron chi connectivity index (χ0n) is 9.47. The van der Waals surface area contributed by atoms with E-state index in [0.717, 1.165) is 12.0 Å². The van der Waals surface area contributed by atoms with Gasteiger partial charge < -0.3 is 5.73 Å². The molecule has 3 nitrogen and oxygen atoms in total. The standard InChI is InChI=1S/C14H14N2O/c15-8-7-11-3-5-12(6-4-11)14(17)13-2-1-9-16-10-13/h1-6,9-10H,7-8,15H2. The fourth-order valence-electron chi connectivity index (χ4n) is 1.65. The first kappa shape index (κ1) is 11.5. The van der Waals surface area contributed by atoms with Crippen molar-refractivity contribution in [3.63, 3.8) is 0 Å². The van der Waals surface area contributed by atoms with Crippen molar-refractivity contribution >= 4 is 5.78 Å². The van der Waals surface area contributed by atoms with Gasteiger partial charge in [0.1, 0.15) is 0 Å². The summed E-state index contributed by atoms with van der Waals surface area (Å²) in [6, 6.07) is 11.1. The van der Waals surface area contributed by atoms with E-state index in [1.54, 1.807) is 24.5 Å². The van der Waals surface area contributed by atoms with E-state index in [1.807, 2.05) is 24.3 Å². The fourth-order valence-corrected chi connectivity index (χ4v) is 1.65. The lowest BCUT2D eigenvalue weighted by atomic mass is 10.0. The summed E-state index contributed by atoms with van der Waals surface area (Å²) in [7, 11) is 0. The van der Waals surface area contributed by atoms with Gasteiger partial charge in [0.2, 0.25) is 0 Å². The van der Waals surface area contributed by atoms with Crippen LogP contribution in [-0.4, -0.2) is 17.3 Å². The Morgan fingerprint density at radius 3 is 2.47 bits per heavy atom. The number of pyridine rings is 1. The van der Waals surface area contributed by atoms with E-state index in [0.29, 0.717) is 17.7 Å². The number of aromatic nitrogens is 1. The number of hydrogen-bond acceptors (Lipinski definition) is 3. The third-order valence-corrected chi connectivity index (χ3v) is 2.57. The highest BCUT2D eigenvalue weighted by Gasteiger charge is 2.08. The Hall–Kier alpha value is -2.00. The molecule has 3 heteroatoms. The van der Waals surface area contributed by atoms with Crippen molar-refractivity contribution in [2.75, 3.05) is 6.54 Å². The predicted octanol–water partition coefficient (Wildman–Crippen LogP) is 1.81. The molecule has 17 heavy (non-hydrogen) atoms. The molecule has 0 fully saturated rings. The molecule has 86 valence electrons. The zero-order chi connectivity index (χ0) is 12.1. The van der Waals surface area contributed by atoms with Crippen LogP contribution < -0.4 is 5.73 Å². The van der Waals surface area contributed by atoms with Gasteiger partial charge in [-0.05, 0) is 30.7 Å². The molecule has 0 aliphatic rings. The average Bonchev–Trinajstić information content (AvgIpc) is 2.40. The van der Waals surface area contributed by atoms with Crippen LogP contribution in [0.15, 0.2) is 48.8 Å². The van der Waals surface area contributed by atoms with Crippen molar-refractivity contribution in [2.45, 2.75) is 6.42 Å². The molecule has 1 aromatic heterocycles. The third-order valence-electron chi connectivity index (χ3n) is 2.57. The first-order chi connectivity index (χ1) is 8.31. The Bertz CT molecular complexity index is 491. The van der Waals surface area contributed by atoms with Gasteiger partial charge in [-0.2, -0.15) is 0 Å². The Labute approximate surface area is 100 Å². The Morgan fingerprint density at radius 2 is 1.88 bits per heavy atom. The lowest BCUT2D eigenvalue weighted by molar-refractivity contribution is 0.103. The first-order valence-corrected chi connectivity index (χ1v) is 5.55. The molecule has 2 N–H and O–H groups in total. The molecule has 1 aromatic carbocycles. The maximum Gasteiger partial charge on any atom is 0.194 e. The smallest absolute Gasteiger partial charge is 0.194 e. The molecule has 1 heterocycles. The molecule has 2 rings (SSSR count). The highest BCUT2D eigenvalue weighted by atomic mass is 16.1. The monoisotopic (exact) mass is 226 g/mol. The van der Waals surface area contributed by atoms with E-state index in [9.17, 15) is 4.79 Å². The van der Waals surface area contributed by atoms with E-state index < -0.39 is 0 Å². The minimum absolute atomic E-state index is 0.00241. The lowest BCUT2D eigenvalue weighted by Gasteiger charge is -2.02. The van der Waals surface area contributed by atoms with Crippen molar-refractivity contribution in [3.05, 3.63) is 65.5 Å². The Balaban J connectivity index is 2.20. The molecular weight excluding hydrogens is 212 g/mol. The molecule has 0 unspecified atom stereocenters. The summed E-state index contributed by atoms with van der Waals surface area (Å²) in [5, 5.41) is 0. The molecule has 0 aliphatic carbocycles. The number of benzene rings is 1. The van der Waals surface area contributed by atoms with Gasteiger partial charge in [-0.15, -0.1) is 0 Å². The van der Waals surface area contributed by atoms with Crippen LogP contribution in [0.1, 0.15) is 21.5 Å². The molecule has 0 saturated carbocycles. The van der Waals surface area contributed by atoms with Gasteiger partial charge >= 0.3 is 0 Å². The van der Waals surface area contributed by atoms with E-state index in [-0.39, 0.29) is 5.78 Å². The van der Waals surface area contributed by atoms with Gasteiger partial charge in [-0.25, -0.2) is 0 Å². The normalized spacial score (nSPS) is 10.2. The van der Waals surface area contributed by atoms with Gasteiger partial charge in [-0.3, -0.25) is 9.78 Å². The minimum Gasteiger partial charge on any atom is -0.330 e. The highest BCUT2D eigenvalue weighted by molar-refractivity contribution is 6.08. The number of carbonyl (C=O) groups is 1. The summed E-state index contributed by atoms with van der Waals surface area (Å²) < 4.78 is 0. The van der Waals surface area contributed by atoms with Crippen LogP contribution in [0, 0.1) is 0 Å². The number of carbonyl (C=O) groups excluding carboxylic acids is 1. The molecule has 0 saturated heterocycles. The summed E-state index contributed by atoms with van der Waals surface area (Å²) >= 11 is 0. The van der Waals surface area contributed by atoms with Crippen LogP contribution in [0.2, 0.25) is 0 Å². The number of rotatable bonds is 4. The largest absolute Gasteiger partial charge is 0.330 e. The molecular formula is C14H14N2O. The fraction of sp³-hybridized carbons (Fsp3) is 0.143. The highest BCUT2D eigenvalue weighted by Crippen LogP contribution is 2.10. The molecule has 2 aromatic rings. The number of nitrogens with two attached hydrogens (primary N) is 1. The van der Waals surface area contributed by atoms with Crippen molar-refractivity contribution < 1.29 is 4.79 Å². The van der Waals surface area contributed by atoms with Crippen LogP contribution in [0.3, 0.4) is 0 Å². The SMILES string of the molecule is NCCc1ccc(C(=O)c2cccnc2)cc1. The minimum atomic E-state index is -0.00241. The lowest BCUT2D eigenvalue weighted by Crippen LogP contribution is -2.04. The van der Waals surface area contributed by atoms with Crippen LogP contribution in [0.25, 0.3) is 0 Å². The van der Waals surface area contributed by atoms with Gasteiger partial charge in [0.25, 0.3) is 0 Å². The van der Waals surface area contributed by atoms with Crippen molar-refractivity contribution in [3.8, 4) is 0 Å². The van der Waals surface area contributed by atoms with Gasteiger partial charge in [0, 0.05) is 23.5 Å². The molecule has 0 radical (unpaired) electrons. The number of nitrogens with zero attached hydrogens (tertiary/aromatic N) is 1. The third kappa shape index (κ3) is 2.77. The van der Waals surface area contributed by atoms with E-state index >= 15 is 0 Å². The van der Waals surface area contributed by atoms with E-state index in [2.05, 4.69) is 4.98 Å². The van der Waals surface area contributed by atoms with Gasteiger partial charge in [-0.1, -0.05) is 24.3 Å². The summed E-state index contributed by atoms with van der Waals surface area (Å²) in [4.78, 5) is 16.0. The summed E-state index contributed by atoms with van der Waals surface area (Å²) in [5.74, 6) is -0.00241. The second kappa shape index (κ2) is 5.37. The topological polar surface area (TPSA) is 56.0 Å². The van der Waals surface area contributed by atoms with Crippen molar-refractivity contribution in [1.82, 2.24) is 4.98 Å². The maximum atomic E-state index is 12.1. The maximum absolute atomic E-state index is 12.1. The van der Waals surface area contributed by atoms with Crippen LogP contribution in [0.5, 0.6) is 0 Å². The van der Waals surface area contributed by atoms with Crippen LogP contribution >= 0.6 is 0 Å². The summed E-state index contributed by atoms with van der Waals surface area (Å²) in [6.07, 6.45) is 4.07. The quantitative estimate of drug-likeness (QED) is 0.809. The van der Waals surface area contributed by atoms with E-state index in [1.165, 1.54) is 0 Å². The molecule has 0 amide bonds. The van der Waals surface area contributed by atoms with Gasteiger partial charge in [0.15, 0.2) is 5.78 Å². The zero-order valence-corrected chi connectivity index (χ0v) is 9.47. The Kier molecular flexibility index (Phi) is 3.62. The van der Waals surface area contributed by atoms with Crippen molar-refractivity contribution in [1.29, 1.82) is 0 Å². The van der Waals surface area contributed by atoms with Crippen LogP contribution in [0.4, 0.5) is 0 Å². The Morgan fingerprint density at radius 1 is 1.12 bits per heavy atom. The second-order valence-corrected chi connectivity index (χ2v) is 3.81. The second-order valence-electron chi connectivity index (χ2n) is 3.81. The van der Waals surface area contributed by atoms with Crippen molar-refractivity contribution in [2.24, 2.45) is 5.73 Å². The molecule has 0 atom stereocenters. The summed E-state index contributed by atoms with van der Waals surface area (Å²) in [5.41, 5.74) is 7.91. The molecule has 0 spiro atoms. The predicted molar refractivity (Wildman–Crippen MR) is 66.9 cm³/mol. The average molecular weight is 226 g/mol. The number of hydrogen-bond donors (Lipinski definition) is 1. The molecule has 0 aliphatic heterocycles. The number of ketones is 1. The van der Waals surface area contributed by atoms with E-state index in [4.69, 9.17) is 5.73 Å². The van der Waals surface area contributed by atoms with Gasteiger partial charge in [0.05, 0.1) is 0 Å². The molecule has 0 bridgehead atoms. The van der Waals surface area contributed by atoms with Crippen LogP contribution in [-0.2, 0) is 6.42 Å².